The van der Waals surface area contributed by atoms with Gasteiger partial charge in [0.15, 0.2) is 5.60 Å². The summed E-state index contributed by atoms with van der Waals surface area (Å²) in [7, 11) is 0. The number of carbonyl (C=O) groups excluding carboxylic acids is 2. The van der Waals surface area contributed by atoms with Gasteiger partial charge in [0.05, 0.1) is 35.1 Å². The zero-order valence-corrected chi connectivity index (χ0v) is 21.3. The molecule has 3 atom stereocenters. The molecule has 3 aromatic rings. The van der Waals surface area contributed by atoms with E-state index in [0.29, 0.717) is 39.0 Å². The first-order valence-electron chi connectivity index (χ1n) is 12.8. The van der Waals surface area contributed by atoms with Crippen molar-refractivity contribution in [2.75, 3.05) is 0 Å². The third-order valence-electron chi connectivity index (χ3n) is 8.14. The van der Waals surface area contributed by atoms with Crippen molar-refractivity contribution < 1.29 is 28.9 Å². The summed E-state index contributed by atoms with van der Waals surface area (Å²) in [5.41, 5.74) is 0.913. The number of amides is 1. The average molecular weight is 522 g/mol. The molecular weight excluding hydrogens is 493 g/mol. The summed E-state index contributed by atoms with van der Waals surface area (Å²) in [5, 5.41) is 25.0. The van der Waals surface area contributed by atoms with E-state index >= 15 is 0 Å². The summed E-state index contributed by atoms with van der Waals surface area (Å²) >= 11 is 0. The maximum Gasteiger partial charge on any atom is 0.343 e. The zero-order valence-electron chi connectivity index (χ0n) is 21.3. The van der Waals surface area contributed by atoms with Gasteiger partial charge >= 0.3 is 5.97 Å². The summed E-state index contributed by atoms with van der Waals surface area (Å²) in [6.45, 7) is 4.94. The number of hydrogen-bond donors (Lipinski definition) is 3. The number of benzene rings is 1. The summed E-state index contributed by atoms with van der Waals surface area (Å²) in [6, 6.07) is 4.00. The van der Waals surface area contributed by atoms with Crippen molar-refractivity contribution >= 4 is 22.8 Å². The average Bonchev–Trinajstić information content (AvgIpc) is 3.67. The van der Waals surface area contributed by atoms with Gasteiger partial charge in [-0.2, -0.15) is 0 Å². The molecule has 9 nitrogen and oxygen atoms in total. The Balaban J connectivity index is 1.56. The van der Waals surface area contributed by atoms with Gasteiger partial charge in [0, 0.05) is 22.6 Å². The van der Waals surface area contributed by atoms with Crippen molar-refractivity contribution in [1.29, 1.82) is 0 Å². The molecular formula is C28H28FN3O6. The van der Waals surface area contributed by atoms with Gasteiger partial charge < -0.3 is 24.8 Å². The molecule has 2 aromatic heterocycles. The van der Waals surface area contributed by atoms with Crippen LogP contribution in [0.5, 0.6) is 0 Å². The predicted octanol–water partition coefficient (Wildman–Crippen LogP) is 2.48. The molecule has 1 aromatic carbocycles. The van der Waals surface area contributed by atoms with Gasteiger partial charge in [-0.25, -0.2) is 14.2 Å². The maximum absolute atomic E-state index is 14.6. The molecule has 0 radical (unpaired) electrons. The van der Waals surface area contributed by atoms with Gasteiger partial charge in [-0.3, -0.25) is 9.59 Å². The van der Waals surface area contributed by atoms with Crippen molar-refractivity contribution in [2.45, 2.75) is 70.9 Å². The SMILES string of the molecule is CC[C@@]1(O)C(=O)OCc2c1cc1n(c2=O)Cc2c-1nc1cc(F)c(C)cc1c2[C@H](C)NC(=O)[C@H](O)C1CC1. The van der Waals surface area contributed by atoms with Crippen molar-refractivity contribution in [3.63, 3.8) is 0 Å². The number of aryl methyl sites for hydroxylation is 1. The van der Waals surface area contributed by atoms with E-state index in [2.05, 4.69) is 5.32 Å². The van der Waals surface area contributed by atoms with Crippen LogP contribution in [-0.2, 0) is 33.1 Å². The van der Waals surface area contributed by atoms with Crippen LogP contribution in [0.4, 0.5) is 4.39 Å². The number of aliphatic hydroxyl groups excluding tert-OH is 1. The lowest BCUT2D eigenvalue weighted by atomic mass is 9.86. The molecule has 1 saturated carbocycles. The molecule has 38 heavy (non-hydrogen) atoms. The quantitative estimate of drug-likeness (QED) is 0.344. The topological polar surface area (TPSA) is 131 Å². The molecule has 198 valence electrons. The van der Waals surface area contributed by atoms with E-state index in [1.54, 1.807) is 32.9 Å². The molecule has 0 bridgehead atoms. The first-order valence-corrected chi connectivity index (χ1v) is 12.8. The van der Waals surface area contributed by atoms with Crippen LogP contribution < -0.4 is 10.9 Å². The molecule has 1 aliphatic carbocycles. The second kappa shape index (κ2) is 8.44. The number of carbonyl (C=O) groups is 2. The van der Waals surface area contributed by atoms with Crippen LogP contribution in [0.25, 0.3) is 22.3 Å². The largest absolute Gasteiger partial charge is 0.458 e. The van der Waals surface area contributed by atoms with Gasteiger partial charge in [0.2, 0.25) is 5.91 Å². The molecule has 10 heteroatoms. The molecule has 0 spiro atoms. The number of esters is 1. The fourth-order valence-corrected chi connectivity index (χ4v) is 5.73. The number of ether oxygens (including phenoxy) is 1. The fourth-order valence-electron chi connectivity index (χ4n) is 5.73. The van der Waals surface area contributed by atoms with E-state index in [9.17, 15) is 29.0 Å². The van der Waals surface area contributed by atoms with E-state index in [-0.39, 0.29) is 36.6 Å². The number of nitrogens with one attached hydrogen (secondary N) is 1. The second-order valence-corrected chi connectivity index (χ2v) is 10.6. The highest BCUT2D eigenvalue weighted by Gasteiger charge is 2.45. The van der Waals surface area contributed by atoms with Crippen molar-refractivity contribution in [3.05, 3.63) is 62.2 Å². The van der Waals surface area contributed by atoms with Crippen LogP contribution in [-0.4, -0.2) is 37.7 Å². The Bertz CT molecular complexity index is 1610. The molecule has 2 aliphatic heterocycles. The van der Waals surface area contributed by atoms with Crippen LogP contribution in [0.3, 0.4) is 0 Å². The van der Waals surface area contributed by atoms with E-state index < -0.39 is 41.0 Å². The van der Waals surface area contributed by atoms with Gasteiger partial charge in [-0.15, -0.1) is 0 Å². The molecule has 1 amide bonds. The van der Waals surface area contributed by atoms with Crippen molar-refractivity contribution in [2.24, 2.45) is 5.92 Å². The summed E-state index contributed by atoms with van der Waals surface area (Å²) in [6.07, 6.45) is 0.512. The van der Waals surface area contributed by atoms with E-state index in [0.717, 1.165) is 12.8 Å². The fraction of sp³-hybridized carbons (Fsp3) is 0.429. The first kappa shape index (κ1) is 24.7. The van der Waals surface area contributed by atoms with E-state index in [1.165, 1.54) is 10.6 Å². The van der Waals surface area contributed by atoms with Crippen LogP contribution in [0, 0.1) is 18.7 Å². The third-order valence-corrected chi connectivity index (χ3v) is 8.14. The van der Waals surface area contributed by atoms with Crippen molar-refractivity contribution in [1.82, 2.24) is 14.9 Å². The lowest BCUT2D eigenvalue weighted by molar-refractivity contribution is -0.172. The highest BCUT2D eigenvalue weighted by atomic mass is 19.1. The number of nitrogens with zero attached hydrogens (tertiary/aromatic N) is 2. The molecule has 0 saturated heterocycles. The van der Waals surface area contributed by atoms with Crippen molar-refractivity contribution in [3.8, 4) is 11.4 Å². The lowest BCUT2D eigenvalue weighted by Crippen LogP contribution is -2.44. The summed E-state index contributed by atoms with van der Waals surface area (Å²) in [5.74, 6) is -1.79. The number of rotatable bonds is 5. The van der Waals surface area contributed by atoms with E-state index in [1.807, 2.05) is 0 Å². The highest BCUT2D eigenvalue weighted by molar-refractivity contribution is 5.91. The highest BCUT2D eigenvalue weighted by Crippen LogP contribution is 2.42. The van der Waals surface area contributed by atoms with E-state index in [4.69, 9.17) is 9.72 Å². The molecule has 0 unspecified atom stereocenters. The minimum absolute atomic E-state index is 0.0157. The Morgan fingerprint density at radius 1 is 1.29 bits per heavy atom. The number of halogens is 1. The van der Waals surface area contributed by atoms with Crippen LogP contribution >= 0.6 is 0 Å². The number of pyridine rings is 2. The monoisotopic (exact) mass is 521 g/mol. The molecule has 3 N–H and O–H groups in total. The molecule has 3 aliphatic rings. The standard InChI is InChI=1S/C28H28FN3O6/c1-4-28(37)18-8-21-23-16(10-32(21)26(35)17(18)11-38-27(28)36)22(13(3)30-25(34)24(33)14-5-6-14)15-7-12(2)19(29)9-20(15)31-23/h7-9,13-14,24,33,37H,4-6,10-11H2,1-3H3,(H,30,34)/t13-,24+,28-/m0/s1. The Morgan fingerprint density at radius 2 is 2.03 bits per heavy atom. The Hall–Kier alpha value is -3.63. The smallest absolute Gasteiger partial charge is 0.343 e. The van der Waals surface area contributed by atoms with Gasteiger partial charge in [-0.1, -0.05) is 6.92 Å². The number of fused-ring (bicyclic) bond motifs is 5. The summed E-state index contributed by atoms with van der Waals surface area (Å²) < 4.78 is 21.3. The first-order chi connectivity index (χ1) is 18.0. The molecule has 1 fully saturated rings. The number of aromatic nitrogens is 2. The Kier molecular flexibility index (Phi) is 5.48. The lowest BCUT2D eigenvalue weighted by Gasteiger charge is -2.31. The summed E-state index contributed by atoms with van der Waals surface area (Å²) in [4.78, 5) is 43.6. The zero-order chi connectivity index (χ0) is 27.1. The maximum atomic E-state index is 14.6. The predicted molar refractivity (Wildman–Crippen MR) is 135 cm³/mol. The molecule has 6 rings (SSSR count). The number of hydrogen-bond acceptors (Lipinski definition) is 7. The Morgan fingerprint density at radius 3 is 2.71 bits per heavy atom. The van der Waals surface area contributed by atoms with Crippen LogP contribution in [0.2, 0.25) is 0 Å². The van der Waals surface area contributed by atoms with Crippen LogP contribution in [0.1, 0.15) is 67.0 Å². The number of cyclic esters (lactones) is 1. The molecule has 4 heterocycles. The van der Waals surface area contributed by atoms with Gasteiger partial charge in [0.1, 0.15) is 18.5 Å². The normalized spacial score (nSPS) is 21.4. The second-order valence-electron chi connectivity index (χ2n) is 10.6. The minimum Gasteiger partial charge on any atom is -0.458 e. The number of aliphatic hydroxyl groups is 2. The Labute approximate surface area is 217 Å². The van der Waals surface area contributed by atoms with Crippen LogP contribution in [0.15, 0.2) is 23.0 Å². The minimum atomic E-state index is -1.96. The third kappa shape index (κ3) is 3.50. The van der Waals surface area contributed by atoms with Gasteiger partial charge in [0.25, 0.3) is 5.56 Å². The van der Waals surface area contributed by atoms with Gasteiger partial charge in [-0.05, 0) is 62.3 Å².